The first kappa shape index (κ1) is 44.5. The molecule has 0 aliphatic rings. The molecule has 0 saturated carbocycles. The van der Waals surface area contributed by atoms with Gasteiger partial charge in [0.2, 0.25) is 0 Å². The van der Waals surface area contributed by atoms with Gasteiger partial charge in [-0.05, 0) is 87.7 Å². The summed E-state index contributed by atoms with van der Waals surface area (Å²) in [5.41, 5.74) is 2.72. The van der Waals surface area contributed by atoms with Gasteiger partial charge in [-0.3, -0.25) is 9.80 Å². The molecule has 0 aromatic heterocycles. The molecule has 0 radical (unpaired) electrons. The van der Waals surface area contributed by atoms with Crippen LogP contribution in [-0.2, 0) is 13.1 Å². The van der Waals surface area contributed by atoms with E-state index in [1.165, 1.54) is 123 Å². The van der Waals surface area contributed by atoms with Crippen LogP contribution in [0.4, 0.5) is 0 Å². The Morgan fingerprint density at radius 3 is 1.26 bits per heavy atom. The van der Waals surface area contributed by atoms with Gasteiger partial charge >= 0.3 is 0 Å². The maximum absolute atomic E-state index is 4.01. The molecule has 2 rings (SSSR count). The van der Waals surface area contributed by atoms with Crippen LogP contribution in [0.5, 0.6) is 0 Å². The molecule has 0 amide bonds. The molecule has 0 spiro atoms. The molecule has 2 atom stereocenters. The lowest BCUT2D eigenvalue weighted by atomic mass is 10.0. The molecule has 50 heavy (non-hydrogen) atoms. The lowest BCUT2D eigenvalue weighted by molar-refractivity contribution is 0.203. The average Bonchev–Trinajstić information content (AvgIpc) is 3.12. The number of halogens is 2. The van der Waals surface area contributed by atoms with Crippen molar-refractivity contribution in [2.24, 2.45) is 0 Å². The fourth-order valence-electron chi connectivity index (χ4n) is 6.65. The predicted octanol–water partition coefficient (Wildman–Crippen LogP) is 14.5. The minimum atomic E-state index is 0.262. The number of benzene rings is 2. The van der Waals surface area contributed by atoms with Gasteiger partial charge in [0.1, 0.15) is 0 Å². The highest BCUT2D eigenvalue weighted by atomic mass is 79.9. The highest BCUT2D eigenvalue weighted by Crippen LogP contribution is 2.24. The average molecular weight is 811 g/mol. The Balaban J connectivity index is 2.35. The summed E-state index contributed by atoms with van der Waals surface area (Å²) >= 11 is 7.72. The summed E-state index contributed by atoms with van der Waals surface area (Å²) in [5, 5.41) is 0. The first-order valence-corrected chi connectivity index (χ1v) is 21.8. The van der Waals surface area contributed by atoms with Crippen molar-refractivity contribution in [2.45, 2.75) is 167 Å². The summed E-state index contributed by atoms with van der Waals surface area (Å²) in [7, 11) is 0. The van der Waals surface area contributed by atoms with Gasteiger partial charge in [0.05, 0.1) is 12.1 Å². The van der Waals surface area contributed by atoms with Crippen LogP contribution in [-0.4, -0.2) is 35.0 Å². The molecule has 0 aliphatic carbocycles. The van der Waals surface area contributed by atoms with E-state index in [-0.39, 0.29) is 12.1 Å². The van der Waals surface area contributed by atoms with Crippen LogP contribution in [0.25, 0.3) is 0 Å². The van der Waals surface area contributed by atoms with Crippen molar-refractivity contribution in [2.75, 3.05) is 13.1 Å². The molecule has 0 N–H and O–H groups in total. The van der Waals surface area contributed by atoms with E-state index < -0.39 is 0 Å². The highest BCUT2D eigenvalue weighted by molar-refractivity contribution is 9.10. The Morgan fingerprint density at radius 2 is 0.900 bits per heavy atom. The SMILES string of the molecule is C=CCCCCCCCCC(C#CC(CCCCCCCCC=C)N(CCCC)Cc1ccccc1Br)N(CCCC)Cc1ccccc1Br. The van der Waals surface area contributed by atoms with E-state index in [9.17, 15) is 0 Å². The lowest BCUT2D eigenvalue weighted by Gasteiger charge is -2.31. The van der Waals surface area contributed by atoms with Gasteiger partial charge in [-0.1, -0.05) is 183 Å². The second kappa shape index (κ2) is 29.9. The summed E-state index contributed by atoms with van der Waals surface area (Å²) < 4.78 is 2.41. The number of unbranched alkanes of at least 4 members (excludes halogenated alkanes) is 14. The fourth-order valence-corrected chi connectivity index (χ4v) is 7.48. The van der Waals surface area contributed by atoms with Crippen molar-refractivity contribution in [3.63, 3.8) is 0 Å². The van der Waals surface area contributed by atoms with E-state index >= 15 is 0 Å². The standard InChI is InChI=1S/C46H70Br2N2/c1-5-9-13-15-17-19-21-23-31-43(49(37-11-7-3)39-41-29-25-27-33-45(41)47)35-36-44(32-24-22-20-18-16-14-10-6-2)50(38-12-8-4)40-42-30-26-28-34-46(42)48/h5-6,25-30,33-34,43-44H,1-2,7-24,31-32,37-40H2,3-4H3. The maximum atomic E-state index is 4.01. The lowest BCUT2D eigenvalue weighted by Crippen LogP contribution is -2.37. The van der Waals surface area contributed by atoms with Crippen LogP contribution in [0, 0.1) is 11.8 Å². The minimum Gasteiger partial charge on any atom is -0.285 e. The molecular weight excluding hydrogens is 740 g/mol. The molecule has 2 aromatic carbocycles. The van der Waals surface area contributed by atoms with E-state index in [0.29, 0.717) is 0 Å². The monoisotopic (exact) mass is 808 g/mol. The molecule has 0 heterocycles. The van der Waals surface area contributed by atoms with Crippen molar-refractivity contribution in [3.8, 4) is 11.8 Å². The van der Waals surface area contributed by atoms with Gasteiger partial charge in [0, 0.05) is 22.0 Å². The third-order valence-corrected chi connectivity index (χ3v) is 11.4. The summed E-state index contributed by atoms with van der Waals surface area (Å²) in [5.74, 6) is 8.01. The van der Waals surface area contributed by atoms with Crippen molar-refractivity contribution >= 4 is 31.9 Å². The Kier molecular flexibility index (Phi) is 26.6. The van der Waals surface area contributed by atoms with Gasteiger partial charge in [-0.2, -0.15) is 0 Å². The van der Waals surface area contributed by atoms with Crippen molar-refractivity contribution in [1.29, 1.82) is 0 Å². The summed E-state index contributed by atoms with van der Waals surface area (Å²) in [6.07, 6.45) is 29.1. The third kappa shape index (κ3) is 19.8. The first-order valence-electron chi connectivity index (χ1n) is 20.2. The van der Waals surface area contributed by atoms with E-state index in [4.69, 9.17) is 0 Å². The van der Waals surface area contributed by atoms with Gasteiger partial charge in [0.25, 0.3) is 0 Å². The summed E-state index contributed by atoms with van der Waals surface area (Å²) in [4.78, 5) is 5.40. The number of allylic oxidation sites excluding steroid dienone is 2. The zero-order valence-electron chi connectivity index (χ0n) is 32.0. The van der Waals surface area contributed by atoms with Crippen LogP contribution in [0.2, 0.25) is 0 Å². The van der Waals surface area contributed by atoms with Gasteiger partial charge in [-0.25, -0.2) is 0 Å². The molecule has 0 bridgehead atoms. The Hall–Kier alpha value is -1.64. The molecule has 2 aromatic rings. The number of hydrogen-bond donors (Lipinski definition) is 0. The fraction of sp³-hybridized carbons (Fsp3) is 0.609. The molecular formula is C46H70Br2N2. The zero-order chi connectivity index (χ0) is 36.1. The predicted molar refractivity (Wildman–Crippen MR) is 229 cm³/mol. The normalized spacial score (nSPS) is 12.5. The molecule has 278 valence electrons. The van der Waals surface area contributed by atoms with Gasteiger partial charge in [0.15, 0.2) is 0 Å². The Morgan fingerprint density at radius 1 is 0.540 bits per heavy atom. The molecule has 0 aliphatic heterocycles. The van der Waals surface area contributed by atoms with Crippen LogP contribution in [0.1, 0.15) is 153 Å². The smallest absolute Gasteiger partial charge is 0.0718 e. The molecule has 2 unspecified atom stereocenters. The maximum Gasteiger partial charge on any atom is 0.0718 e. The third-order valence-electron chi connectivity index (χ3n) is 9.83. The van der Waals surface area contributed by atoms with Gasteiger partial charge < -0.3 is 0 Å². The van der Waals surface area contributed by atoms with Crippen LogP contribution < -0.4 is 0 Å². The van der Waals surface area contributed by atoms with Crippen molar-refractivity contribution < 1.29 is 0 Å². The molecule has 2 nitrogen and oxygen atoms in total. The Bertz CT molecular complexity index is 1120. The van der Waals surface area contributed by atoms with Crippen molar-refractivity contribution in [3.05, 3.63) is 93.9 Å². The van der Waals surface area contributed by atoms with Crippen LogP contribution in [0.3, 0.4) is 0 Å². The number of hydrogen-bond acceptors (Lipinski definition) is 2. The quantitative estimate of drug-likeness (QED) is 0.0441. The van der Waals surface area contributed by atoms with E-state index in [2.05, 4.69) is 141 Å². The summed E-state index contributed by atoms with van der Waals surface area (Å²) in [6.45, 7) is 16.5. The Labute approximate surface area is 326 Å². The molecule has 0 saturated heterocycles. The molecule has 4 heteroatoms. The van der Waals surface area contributed by atoms with E-state index in [1.807, 2.05) is 0 Å². The highest BCUT2D eigenvalue weighted by Gasteiger charge is 2.21. The van der Waals surface area contributed by atoms with Gasteiger partial charge in [-0.15, -0.1) is 13.2 Å². The zero-order valence-corrected chi connectivity index (χ0v) is 35.1. The number of rotatable bonds is 30. The first-order chi connectivity index (χ1) is 24.5. The topological polar surface area (TPSA) is 6.48 Å². The van der Waals surface area contributed by atoms with Crippen molar-refractivity contribution in [1.82, 2.24) is 9.80 Å². The van der Waals surface area contributed by atoms with E-state index in [0.717, 1.165) is 51.9 Å². The van der Waals surface area contributed by atoms with E-state index in [1.54, 1.807) is 0 Å². The summed E-state index contributed by atoms with van der Waals surface area (Å²) in [6, 6.07) is 18.0. The second-order valence-corrected chi connectivity index (χ2v) is 15.8. The second-order valence-electron chi connectivity index (χ2n) is 14.1. The minimum absolute atomic E-state index is 0.262. The van der Waals surface area contributed by atoms with Crippen LogP contribution in [0.15, 0.2) is 82.8 Å². The number of nitrogens with zero attached hydrogens (tertiary/aromatic N) is 2. The van der Waals surface area contributed by atoms with Crippen LogP contribution >= 0.6 is 31.9 Å². The largest absolute Gasteiger partial charge is 0.285 e. The molecule has 0 fully saturated rings.